The van der Waals surface area contributed by atoms with Crippen LogP contribution in [0, 0.1) is 11.6 Å². The first-order valence-electron chi connectivity index (χ1n) is 4.02. The topological polar surface area (TPSA) is 20.3 Å². The Morgan fingerprint density at radius 2 is 2.07 bits per heavy atom. The zero-order valence-electron chi connectivity index (χ0n) is 7.93. The molecule has 1 amide bonds. The van der Waals surface area contributed by atoms with Gasteiger partial charge in [0.1, 0.15) is 11.6 Å². The van der Waals surface area contributed by atoms with Crippen LogP contribution < -0.4 is 4.90 Å². The summed E-state index contributed by atoms with van der Waals surface area (Å²) in [5.74, 6) is -2.22. The van der Waals surface area contributed by atoms with E-state index < -0.39 is 17.5 Å². The molecule has 0 fully saturated rings. The third-order valence-electron chi connectivity index (χ3n) is 1.86. The number of likely N-dealkylation sites (N-methyl/N-ethyl adjacent to an activating group) is 1. The molecule has 0 N–H and O–H groups in total. The van der Waals surface area contributed by atoms with E-state index in [1.165, 1.54) is 7.05 Å². The Hall–Kier alpha value is -1.42. The molecule has 0 aliphatic heterocycles. The van der Waals surface area contributed by atoms with Crippen molar-refractivity contribution in [1.29, 1.82) is 0 Å². The van der Waals surface area contributed by atoms with Gasteiger partial charge in [-0.15, -0.1) is 0 Å². The number of halogens is 3. The van der Waals surface area contributed by atoms with Crippen molar-refractivity contribution in [3.8, 4) is 0 Å². The van der Waals surface area contributed by atoms with Crippen LogP contribution in [0.3, 0.4) is 0 Å². The number of amides is 1. The van der Waals surface area contributed by atoms with Gasteiger partial charge in [-0.25, -0.2) is 8.78 Å². The Morgan fingerprint density at radius 1 is 1.47 bits per heavy atom. The lowest BCUT2D eigenvalue weighted by Crippen LogP contribution is -2.24. The van der Waals surface area contributed by atoms with Gasteiger partial charge in [-0.3, -0.25) is 4.79 Å². The number of benzene rings is 1. The molecule has 2 nitrogen and oxygen atoms in total. The van der Waals surface area contributed by atoms with Crippen LogP contribution in [0.15, 0.2) is 24.8 Å². The summed E-state index contributed by atoms with van der Waals surface area (Å²) in [6, 6.07) is 1.68. The van der Waals surface area contributed by atoms with Gasteiger partial charge in [0.25, 0.3) is 0 Å². The Kier molecular flexibility index (Phi) is 3.42. The molecule has 0 radical (unpaired) electrons. The minimum Gasteiger partial charge on any atom is -0.309 e. The molecule has 0 bridgehead atoms. The van der Waals surface area contributed by atoms with Crippen LogP contribution in [0.1, 0.15) is 0 Å². The lowest BCUT2D eigenvalue weighted by Gasteiger charge is -2.16. The second-order valence-corrected chi connectivity index (χ2v) is 3.23. The number of carbonyl (C=O) groups excluding carboxylic acids is 1. The third kappa shape index (κ3) is 2.33. The fourth-order valence-corrected chi connectivity index (χ4v) is 1.18. The molecule has 1 aromatic rings. The molecule has 0 atom stereocenters. The Bertz CT molecular complexity index is 420. The van der Waals surface area contributed by atoms with E-state index >= 15 is 0 Å². The van der Waals surface area contributed by atoms with Crippen molar-refractivity contribution in [2.45, 2.75) is 0 Å². The molecule has 0 aliphatic carbocycles. The van der Waals surface area contributed by atoms with Gasteiger partial charge >= 0.3 is 0 Å². The predicted octanol–water partition coefficient (Wildman–Crippen LogP) is 2.77. The molecule has 1 rings (SSSR count). The van der Waals surface area contributed by atoms with Gasteiger partial charge in [-0.2, -0.15) is 0 Å². The Balaban J connectivity index is 3.20. The average Bonchev–Trinajstić information content (AvgIpc) is 2.21. The van der Waals surface area contributed by atoms with Gasteiger partial charge in [0.15, 0.2) is 0 Å². The smallest absolute Gasteiger partial charge is 0.250 e. The van der Waals surface area contributed by atoms with Crippen molar-refractivity contribution in [2.75, 3.05) is 11.9 Å². The first-order chi connectivity index (χ1) is 6.97. The number of hydrogen-bond donors (Lipinski definition) is 0. The van der Waals surface area contributed by atoms with Crippen LogP contribution in [-0.2, 0) is 4.79 Å². The highest BCUT2D eigenvalue weighted by Gasteiger charge is 2.15. The number of anilines is 1. The van der Waals surface area contributed by atoms with Crippen molar-refractivity contribution < 1.29 is 13.6 Å². The second kappa shape index (κ2) is 4.40. The van der Waals surface area contributed by atoms with Crippen LogP contribution in [0.5, 0.6) is 0 Å². The minimum atomic E-state index is -0.864. The Morgan fingerprint density at radius 3 is 2.60 bits per heavy atom. The highest BCUT2D eigenvalue weighted by Crippen LogP contribution is 2.25. The number of rotatable bonds is 2. The van der Waals surface area contributed by atoms with Crippen LogP contribution in [0.4, 0.5) is 14.5 Å². The molecule has 0 heterocycles. The van der Waals surface area contributed by atoms with Crippen LogP contribution >= 0.6 is 11.6 Å². The summed E-state index contributed by atoms with van der Waals surface area (Å²) in [5, 5.41) is -0.241. The molecule has 0 saturated carbocycles. The normalized spacial score (nSPS) is 9.87. The molecular weight excluding hydrogens is 224 g/mol. The van der Waals surface area contributed by atoms with Gasteiger partial charge in [0.2, 0.25) is 5.91 Å². The van der Waals surface area contributed by atoms with E-state index in [2.05, 4.69) is 6.58 Å². The molecule has 0 spiro atoms. The van der Waals surface area contributed by atoms with Gasteiger partial charge in [-0.1, -0.05) is 18.2 Å². The van der Waals surface area contributed by atoms with E-state index in [0.717, 1.165) is 17.0 Å². The second-order valence-electron chi connectivity index (χ2n) is 2.82. The molecule has 15 heavy (non-hydrogen) atoms. The highest BCUT2D eigenvalue weighted by atomic mass is 35.5. The van der Waals surface area contributed by atoms with Crippen LogP contribution in [-0.4, -0.2) is 13.0 Å². The van der Waals surface area contributed by atoms with Crippen molar-refractivity contribution in [3.05, 3.63) is 41.4 Å². The molecule has 0 unspecified atom stereocenters. The molecule has 80 valence electrons. The summed E-state index contributed by atoms with van der Waals surface area (Å²) in [5.41, 5.74) is -0.0914. The highest BCUT2D eigenvalue weighted by molar-refractivity contribution is 6.31. The summed E-state index contributed by atoms with van der Waals surface area (Å²) < 4.78 is 26.1. The maximum atomic E-state index is 13.3. The number of carbonyl (C=O) groups is 1. The molecule has 0 aliphatic rings. The minimum absolute atomic E-state index is 0.0914. The zero-order valence-corrected chi connectivity index (χ0v) is 8.68. The van der Waals surface area contributed by atoms with Gasteiger partial charge in [0.05, 0.1) is 10.7 Å². The Labute approximate surface area is 90.8 Å². The zero-order chi connectivity index (χ0) is 11.6. The fraction of sp³-hybridized carbons (Fsp3) is 0.100. The number of nitrogens with zero attached hydrogens (tertiary/aromatic N) is 1. The van der Waals surface area contributed by atoms with Gasteiger partial charge < -0.3 is 4.90 Å². The monoisotopic (exact) mass is 231 g/mol. The predicted molar refractivity (Wildman–Crippen MR) is 55.0 cm³/mol. The SMILES string of the molecule is C=CC(=O)N(C)c1cc(Cl)c(F)cc1F. The van der Waals surface area contributed by atoms with E-state index in [1.54, 1.807) is 0 Å². The lowest BCUT2D eigenvalue weighted by atomic mass is 10.2. The van der Waals surface area contributed by atoms with E-state index in [1.807, 2.05) is 0 Å². The van der Waals surface area contributed by atoms with Gasteiger partial charge in [-0.05, 0) is 12.1 Å². The lowest BCUT2D eigenvalue weighted by molar-refractivity contribution is -0.113. The number of hydrogen-bond acceptors (Lipinski definition) is 1. The van der Waals surface area contributed by atoms with Crippen molar-refractivity contribution in [1.82, 2.24) is 0 Å². The summed E-state index contributed by atoms with van der Waals surface area (Å²) in [6.45, 7) is 3.26. The van der Waals surface area contributed by atoms with E-state index in [-0.39, 0.29) is 10.7 Å². The molecule has 1 aromatic carbocycles. The molecule has 0 saturated heterocycles. The molecule has 0 aromatic heterocycles. The van der Waals surface area contributed by atoms with E-state index in [4.69, 9.17) is 11.6 Å². The summed E-state index contributed by atoms with van der Waals surface area (Å²) in [4.78, 5) is 12.2. The van der Waals surface area contributed by atoms with E-state index in [0.29, 0.717) is 6.07 Å². The average molecular weight is 232 g/mol. The molecular formula is C10H8ClF2NO. The quantitative estimate of drug-likeness (QED) is 0.566. The van der Waals surface area contributed by atoms with Crippen LogP contribution in [0.25, 0.3) is 0 Å². The maximum Gasteiger partial charge on any atom is 0.250 e. The first-order valence-corrected chi connectivity index (χ1v) is 4.40. The van der Waals surface area contributed by atoms with Crippen molar-refractivity contribution in [2.24, 2.45) is 0 Å². The van der Waals surface area contributed by atoms with Crippen molar-refractivity contribution in [3.63, 3.8) is 0 Å². The standard InChI is InChI=1S/C10H8ClF2NO/c1-3-10(15)14(2)9-4-6(11)7(12)5-8(9)13/h3-5H,1H2,2H3. The maximum absolute atomic E-state index is 13.3. The largest absolute Gasteiger partial charge is 0.309 e. The fourth-order valence-electron chi connectivity index (χ4n) is 1.02. The van der Waals surface area contributed by atoms with Crippen molar-refractivity contribution >= 4 is 23.2 Å². The summed E-state index contributed by atoms with van der Waals surface area (Å²) >= 11 is 5.47. The first kappa shape index (κ1) is 11.7. The van der Waals surface area contributed by atoms with E-state index in [9.17, 15) is 13.6 Å². The van der Waals surface area contributed by atoms with Crippen LogP contribution in [0.2, 0.25) is 5.02 Å². The van der Waals surface area contributed by atoms with Gasteiger partial charge in [0, 0.05) is 13.1 Å². The summed E-state index contributed by atoms with van der Waals surface area (Å²) in [7, 11) is 1.34. The molecule has 5 heteroatoms. The third-order valence-corrected chi connectivity index (χ3v) is 2.15. The summed E-state index contributed by atoms with van der Waals surface area (Å²) in [6.07, 6.45) is 1.02.